The first-order chi connectivity index (χ1) is 23.8. The van der Waals surface area contributed by atoms with Gasteiger partial charge in [-0.05, 0) is 59.0 Å². The molecule has 0 N–H and O–H groups in total. The van der Waals surface area contributed by atoms with Crippen molar-refractivity contribution in [3.05, 3.63) is 170 Å². The van der Waals surface area contributed by atoms with Crippen LogP contribution in [0.4, 0.5) is 0 Å². The molecule has 0 saturated heterocycles. The third-order valence-corrected chi connectivity index (χ3v) is 9.60. The molecule has 0 spiro atoms. The fraction of sp³-hybridized carbons (Fsp3) is 0. The zero-order valence-electron chi connectivity index (χ0n) is 26.0. The van der Waals surface area contributed by atoms with Crippen molar-refractivity contribution in [1.29, 1.82) is 0 Å². The molecule has 0 aliphatic rings. The highest BCUT2D eigenvalue weighted by Gasteiger charge is 2.17. The van der Waals surface area contributed by atoms with Gasteiger partial charge < -0.3 is 4.57 Å². The van der Waals surface area contributed by atoms with E-state index < -0.39 is 0 Å². The number of benzene rings is 7. The van der Waals surface area contributed by atoms with Gasteiger partial charge in [-0.2, -0.15) is 0 Å². The van der Waals surface area contributed by atoms with Crippen LogP contribution in [-0.2, 0) is 0 Å². The molecular formula is C44H28N4. The van der Waals surface area contributed by atoms with E-state index >= 15 is 0 Å². The van der Waals surface area contributed by atoms with Gasteiger partial charge in [0.15, 0.2) is 0 Å². The summed E-state index contributed by atoms with van der Waals surface area (Å²) in [5, 5.41) is 7.28. The second-order valence-electron chi connectivity index (χ2n) is 12.3. The normalized spacial score (nSPS) is 11.8. The van der Waals surface area contributed by atoms with Crippen molar-refractivity contribution in [1.82, 2.24) is 19.1 Å². The summed E-state index contributed by atoms with van der Waals surface area (Å²) in [6.07, 6.45) is 1.87. The molecule has 224 valence electrons. The van der Waals surface area contributed by atoms with Crippen LogP contribution in [0, 0.1) is 0 Å². The highest BCUT2D eigenvalue weighted by molar-refractivity contribution is 6.18. The molecule has 0 bridgehead atoms. The van der Waals surface area contributed by atoms with Crippen molar-refractivity contribution in [2.45, 2.75) is 0 Å². The fourth-order valence-electron chi connectivity index (χ4n) is 7.40. The molecule has 10 aromatic rings. The van der Waals surface area contributed by atoms with Gasteiger partial charge in [-0.3, -0.25) is 4.57 Å². The van der Waals surface area contributed by atoms with Crippen molar-refractivity contribution >= 4 is 54.4 Å². The van der Waals surface area contributed by atoms with E-state index in [4.69, 9.17) is 9.97 Å². The second-order valence-corrected chi connectivity index (χ2v) is 12.3. The van der Waals surface area contributed by atoms with E-state index in [1.54, 1.807) is 0 Å². The van der Waals surface area contributed by atoms with Gasteiger partial charge in [-0.25, -0.2) is 9.97 Å². The second kappa shape index (κ2) is 10.5. The smallest absolute Gasteiger partial charge is 0.235 e. The zero-order valence-corrected chi connectivity index (χ0v) is 26.0. The van der Waals surface area contributed by atoms with Crippen molar-refractivity contribution in [2.75, 3.05) is 0 Å². The molecular weight excluding hydrogens is 585 g/mol. The number of aromatic nitrogens is 4. The Kier molecular flexibility index (Phi) is 5.84. The molecule has 0 aliphatic carbocycles. The molecule has 0 atom stereocenters. The van der Waals surface area contributed by atoms with E-state index in [1.165, 1.54) is 60.2 Å². The first kappa shape index (κ1) is 26.7. The Morgan fingerprint density at radius 2 is 1.02 bits per heavy atom. The van der Waals surface area contributed by atoms with Crippen molar-refractivity contribution in [2.24, 2.45) is 0 Å². The first-order valence-electron chi connectivity index (χ1n) is 16.3. The van der Waals surface area contributed by atoms with Crippen LogP contribution in [0.2, 0.25) is 0 Å². The Bertz CT molecular complexity index is 2820. The van der Waals surface area contributed by atoms with Crippen LogP contribution >= 0.6 is 0 Å². The van der Waals surface area contributed by atoms with E-state index in [0.29, 0.717) is 5.95 Å². The molecule has 0 unspecified atom stereocenters. The summed E-state index contributed by atoms with van der Waals surface area (Å²) in [6.45, 7) is 0. The minimum absolute atomic E-state index is 0.666. The third-order valence-electron chi connectivity index (χ3n) is 9.60. The zero-order chi connectivity index (χ0) is 31.6. The maximum atomic E-state index is 5.15. The van der Waals surface area contributed by atoms with Crippen molar-refractivity contribution < 1.29 is 0 Å². The van der Waals surface area contributed by atoms with Crippen LogP contribution in [-0.4, -0.2) is 19.1 Å². The predicted octanol–water partition coefficient (Wildman–Crippen LogP) is 11.2. The number of para-hydroxylation sites is 3. The summed E-state index contributed by atoms with van der Waals surface area (Å²) >= 11 is 0. The fourth-order valence-corrected chi connectivity index (χ4v) is 7.40. The third kappa shape index (κ3) is 4.03. The Morgan fingerprint density at radius 3 is 1.83 bits per heavy atom. The van der Waals surface area contributed by atoms with E-state index in [9.17, 15) is 0 Å². The van der Waals surface area contributed by atoms with Gasteiger partial charge in [0.05, 0.1) is 27.8 Å². The van der Waals surface area contributed by atoms with E-state index in [2.05, 4.69) is 167 Å². The van der Waals surface area contributed by atoms with Crippen LogP contribution < -0.4 is 0 Å². The first-order valence-corrected chi connectivity index (χ1v) is 16.3. The summed E-state index contributed by atoms with van der Waals surface area (Å²) in [6, 6.07) is 58.2. The van der Waals surface area contributed by atoms with Gasteiger partial charge in [0.1, 0.15) is 0 Å². The molecule has 3 aromatic heterocycles. The van der Waals surface area contributed by atoms with E-state index in [1.807, 2.05) is 12.3 Å². The summed E-state index contributed by atoms with van der Waals surface area (Å²) < 4.78 is 4.57. The number of hydrogen-bond acceptors (Lipinski definition) is 2. The molecule has 4 nitrogen and oxygen atoms in total. The van der Waals surface area contributed by atoms with Crippen molar-refractivity contribution in [3.63, 3.8) is 0 Å². The molecule has 0 amide bonds. The summed E-state index contributed by atoms with van der Waals surface area (Å²) in [7, 11) is 0. The average Bonchev–Trinajstić information content (AvgIpc) is 3.68. The highest BCUT2D eigenvalue weighted by Crippen LogP contribution is 2.37. The van der Waals surface area contributed by atoms with Crippen LogP contribution in [0.25, 0.3) is 88.4 Å². The van der Waals surface area contributed by atoms with Gasteiger partial charge in [-0.1, -0.05) is 121 Å². The Morgan fingerprint density at radius 1 is 0.396 bits per heavy atom. The molecule has 4 heteroatoms. The van der Waals surface area contributed by atoms with Gasteiger partial charge >= 0.3 is 0 Å². The van der Waals surface area contributed by atoms with E-state index in [0.717, 1.165) is 22.3 Å². The molecule has 0 radical (unpaired) electrons. The molecule has 10 rings (SSSR count). The number of hydrogen-bond donors (Lipinski definition) is 0. The number of nitrogens with zero attached hydrogens (tertiary/aromatic N) is 4. The lowest BCUT2D eigenvalue weighted by Gasteiger charge is -2.10. The summed E-state index contributed by atoms with van der Waals surface area (Å²) in [4.78, 5) is 9.96. The minimum atomic E-state index is 0.666. The van der Waals surface area contributed by atoms with Gasteiger partial charge in [0, 0.05) is 44.4 Å². The molecule has 7 aromatic carbocycles. The predicted molar refractivity (Wildman–Crippen MR) is 199 cm³/mol. The van der Waals surface area contributed by atoms with Crippen molar-refractivity contribution in [3.8, 4) is 34.0 Å². The van der Waals surface area contributed by atoms with Crippen LogP contribution in [0.3, 0.4) is 0 Å². The van der Waals surface area contributed by atoms with Gasteiger partial charge in [0.25, 0.3) is 0 Å². The van der Waals surface area contributed by atoms with Gasteiger partial charge in [-0.15, -0.1) is 0 Å². The highest BCUT2D eigenvalue weighted by atomic mass is 15.2. The minimum Gasteiger partial charge on any atom is -0.309 e. The molecule has 48 heavy (non-hydrogen) atoms. The Labute approximate surface area is 276 Å². The summed E-state index contributed by atoms with van der Waals surface area (Å²) in [5.74, 6) is 0.666. The van der Waals surface area contributed by atoms with Crippen LogP contribution in [0.1, 0.15) is 0 Å². The molecule has 3 heterocycles. The van der Waals surface area contributed by atoms with Gasteiger partial charge in [0.2, 0.25) is 5.95 Å². The van der Waals surface area contributed by atoms with Crippen LogP contribution in [0.5, 0.6) is 0 Å². The lowest BCUT2D eigenvalue weighted by atomic mass is 10.0. The number of fused-ring (bicyclic) bond motifs is 8. The molecule has 0 saturated carbocycles. The Hall–Kier alpha value is -6.52. The maximum absolute atomic E-state index is 5.15. The molecule has 0 aliphatic heterocycles. The summed E-state index contributed by atoms with van der Waals surface area (Å²) in [5.41, 5.74) is 10.1. The van der Waals surface area contributed by atoms with Crippen LogP contribution in [0.15, 0.2) is 170 Å². The van der Waals surface area contributed by atoms with E-state index in [-0.39, 0.29) is 0 Å². The molecule has 0 fully saturated rings. The monoisotopic (exact) mass is 612 g/mol. The maximum Gasteiger partial charge on any atom is 0.235 e. The standard InChI is InChI=1S/C44H28N4/c1-2-11-33(12-3-1)47-40-16-8-7-15-36(40)38-28-32(23-25-42(38)47)29-18-20-31(21-19-29)39-26-27-45-44(46-39)48-41-17-9-6-14-35(41)37-24-22-30-10-4-5-13-34(30)43(37)48/h1-28H. The SMILES string of the molecule is c1ccc(-n2c3ccccc3c3cc(-c4ccc(-c5ccnc(-n6c7ccccc7c7ccc8ccccc8c76)n5)cc4)ccc32)cc1. The quantitative estimate of drug-likeness (QED) is 0.198. The Balaban J connectivity index is 1.07. The topological polar surface area (TPSA) is 35.6 Å². The number of rotatable bonds is 4. The average molecular weight is 613 g/mol. The lowest BCUT2D eigenvalue weighted by molar-refractivity contribution is 0.994. The lowest BCUT2D eigenvalue weighted by Crippen LogP contribution is -2.02. The largest absolute Gasteiger partial charge is 0.309 e.